The Bertz CT molecular complexity index is 175. The molecular formula is C11H28OSi2. The molecule has 0 aliphatic carbocycles. The molecule has 0 rings (SSSR count). The van der Waals surface area contributed by atoms with Crippen LogP contribution in [0, 0.1) is 5.41 Å². The first-order valence-electron chi connectivity index (χ1n) is 5.55. The maximum atomic E-state index is 6.14. The van der Waals surface area contributed by atoms with Gasteiger partial charge in [-0.25, -0.2) is 0 Å². The van der Waals surface area contributed by atoms with Gasteiger partial charge in [-0.3, -0.25) is 0 Å². The maximum absolute atomic E-state index is 6.14. The molecule has 3 heteroatoms. The topological polar surface area (TPSA) is 9.23 Å². The van der Waals surface area contributed by atoms with E-state index in [-0.39, 0.29) is 0 Å². The summed E-state index contributed by atoms with van der Waals surface area (Å²) in [6, 6.07) is 0. The van der Waals surface area contributed by atoms with E-state index in [4.69, 9.17) is 4.43 Å². The highest BCUT2D eigenvalue weighted by molar-refractivity contribution is 6.92. The van der Waals surface area contributed by atoms with E-state index in [9.17, 15) is 0 Å². The highest BCUT2D eigenvalue weighted by Crippen LogP contribution is 2.23. The van der Waals surface area contributed by atoms with Gasteiger partial charge in [0.05, 0.1) is 0 Å². The molecule has 0 fully saturated rings. The van der Waals surface area contributed by atoms with Crippen molar-refractivity contribution in [1.82, 2.24) is 0 Å². The second kappa shape index (κ2) is 4.50. The van der Waals surface area contributed by atoms with Crippen LogP contribution in [0.3, 0.4) is 0 Å². The molecule has 0 aliphatic heterocycles. The van der Waals surface area contributed by atoms with Crippen LogP contribution in [-0.4, -0.2) is 23.0 Å². The molecule has 0 atom stereocenters. The van der Waals surface area contributed by atoms with Crippen molar-refractivity contribution < 1.29 is 4.43 Å². The molecular weight excluding hydrogens is 204 g/mol. The predicted molar refractivity (Wildman–Crippen MR) is 71.0 cm³/mol. The molecule has 0 spiro atoms. The molecule has 0 amide bonds. The van der Waals surface area contributed by atoms with Crippen molar-refractivity contribution in [2.45, 2.75) is 59.2 Å². The zero-order valence-corrected chi connectivity index (χ0v) is 13.3. The van der Waals surface area contributed by atoms with E-state index in [0.717, 1.165) is 6.61 Å². The van der Waals surface area contributed by atoms with E-state index in [1.165, 1.54) is 5.67 Å². The zero-order valence-electron chi connectivity index (χ0n) is 11.3. The molecule has 0 saturated carbocycles. The first kappa shape index (κ1) is 14.4. The monoisotopic (exact) mass is 232 g/mol. The van der Waals surface area contributed by atoms with Gasteiger partial charge in [0, 0.05) is 14.7 Å². The molecule has 0 N–H and O–H groups in total. The lowest BCUT2D eigenvalue weighted by molar-refractivity contribution is 0.191. The fourth-order valence-electron chi connectivity index (χ4n) is 1.74. The summed E-state index contributed by atoms with van der Waals surface area (Å²) >= 11 is 0. The van der Waals surface area contributed by atoms with E-state index in [0.29, 0.717) is 5.41 Å². The third-order valence-electron chi connectivity index (χ3n) is 1.85. The summed E-state index contributed by atoms with van der Waals surface area (Å²) in [4.78, 5) is 0. The van der Waals surface area contributed by atoms with Gasteiger partial charge in [-0.15, -0.1) is 0 Å². The fraction of sp³-hybridized carbons (Fsp3) is 1.00. The third-order valence-corrected chi connectivity index (χ3v) is 10.4. The van der Waals surface area contributed by atoms with E-state index in [1.54, 1.807) is 0 Å². The van der Waals surface area contributed by atoms with Gasteiger partial charge in [-0.2, -0.15) is 0 Å². The van der Waals surface area contributed by atoms with E-state index in [1.807, 2.05) is 0 Å². The zero-order chi connectivity index (χ0) is 11.6. The van der Waals surface area contributed by atoms with Crippen LogP contribution in [-0.2, 0) is 4.43 Å². The first-order chi connectivity index (χ1) is 5.91. The molecule has 0 aromatic heterocycles. The van der Waals surface area contributed by atoms with Crippen molar-refractivity contribution in [1.29, 1.82) is 0 Å². The molecule has 1 nitrogen and oxygen atoms in total. The lowest BCUT2D eigenvalue weighted by Gasteiger charge is -2.32. The SMILES string of the molecule is CC(C)(C)CO[Si](C)(C)C[Si](C)(C)C. The van der Waals surface area contributed by atoms with Crippen LogP contribution in [0.4, 0.5) is 0 Å². The highest BCUT2D eigenvalue weighted by Gasteiger charge is 2.31. The Morgan fingerprint density at radius 3 is 1.64 bits per heavy atom. The van der Waals surface area contributed by atoms with Crippen LogP contribution in [0.1, 0.15) is 20.8 Å². The van der Waals surface area contributed by atoms with Gasteiger partial charge in [0.2, 0.25) is 0 Å². The van der Waals surface area contributed by atoms with Crippen molar-refractivity contribution in [2.24, 2.45) is 5.41 Å². The maximum Gasteiger partial charge on any atom is 0.184 e. The Hall–Kier alpha value is 0.394. The van der Waals surface area contributed by atoms with Gasteiger partial charge in [0.1, 0.15) is 0 Å². The minimum absolute atomic E-state index is 0.309. The van der Waals surface area contributed by atoms with Crippen LogP contribution in [0.5, 0.6) is 0 Å². The molecule has 0 unspecified atom stereocenters. The van der Waals surface area contributed by atoms with Crippen LogP contribution >= 0.6 is 0 Å². The first-order valence-corrected chi connectivity index (χ1v) is 12.4. The molecule has 0 aromatic rings. The highest BCUT2D eigenvalue weighted by atomic mass is 28.4. The summed E-state index contributed by atoms with van der Waals surface area (Å²) in [5.41, 5.74) is 1.68. The molecule has 0 radical (unpaired) electrons. The summed E-state index contributed by atoms with van der Waals surface area (Å²) < 4.78 is 6.14. The number of hydrogen-bond acceptors (Lipinski definition) is 1. The molecule has 86 valence electrons. The van der Waals surface area contributed by atoms with Crippen molar-refractivity contribution in [3.05, 3.63) is 0 Å². The summed E-state index contributed by atoms with van der Waals surface area (Å²) in [7, 11) is -2.34. The average molecular weight is 233 g/mol. The van der Waals surface area contributed by atoms with Crippen LogP contribution in [0.25, 0.3) is 0 Å². The summed E-state index contributed by atoms with van der Waals surface area (Å²) in [5.74, 6) is 0. The number of hydrogen-bond donors (Lipinski definition) is 0. The lowest BCUT2D eigenvalue weighted by atomic mass is 9.99. The molecule has 0 heterocycles. The summed E-state index contributed by atoms with van der Waals surface area (Å²) in [6.45, 7) is 19.7. The molecule has 0 bridgehead atoms. The molecule has 14 heavy (non-hydrogen) atoms. The Kier molecular flexibility index (Phi) is 4.62. The van der Waals surface area contributed by atoms with Gasteiger partial charge in [-0.05, 0) is 24.2 Å². The predicted octanol–water partition coefficient (Wildman–Crippen LogP) is 4.13. The standard InChI is InChI=1S/C11H28OSi2/c1-11(2,3)9-12-14(7,8)10-13(4,5)6/h9-10H2,1-8H3. The van der Waals surface area contributed by atoms with Crippen molar-refractivity contribution in [3.63, 3.8) is 0 Å². The van der Waals surface area contributed by atoms with Gasteiger partial charge in [-0.1, -0.05) is 40.4 Å². The summed E-state index contributed by atoms with van der Waals surface area (Å²) in [5, 5.41) is 0. The van der Waals surface area contributed by atoms with Crippen LogP contribution in [0.2, 0.25) is 38.4 Å². The van der Waals surface area contributed by atoms with Gasteiger partial charge >= 0.3 is 0 Å². The molecule has 0 saturated heterocycles. The second-order valence-corrected chi connectivity index (χ2v) is 17.7. The Morgan fingerprint density at radius 1 is 0.929 bits per heavy atom. The molecule has 0 aliphatic rings. The van der Waals surface area contributed by atoms with Gasteiger partial charge < -0.3 is 4.43 Å². The Morgan fingerprint density at radius 2 is 1.36 bits per heavy atom. The minimum Gasteiger partial charge on any atom is -0.417 e. The molecule has 0 aromatic carbocycles. The van der Waals surface area contributed by atoms with Crippen molar-refractivity contribution in [2.75, 3.05) is 6.61 Å². The third kappa shape index (κ3) is 8.97. The second-order valence-electron chi connectivity index (χ2n) is 7.35. The normalized spacial score (nSPS) is 14.6. The Labute approximate surface area is 92.4 Å². The van der Waals surface area contributed by atoms with Crippen molar-refractivity contribution >= 4 is 16.4 Å². The van der Waals surface area contributed by atoms with Crippen LogP contribution in [0.15, 0.2) is 0 Å². The largest absolute Gasteiger partial charge is 0.417 e. The van der Waals surface area contributed by atoms with E-state index >= 15 is 0 Å². The number of rotatable bonds is 4. The van der Waals surface area contributed by atoms with Gasteiger partial charge in [0.15, 0.2) is 8.32 Å². The van der Waals surface area contributed by atoms with E-state index in [2.05, 4.69) is 53.5 Å². The minimum atomic E-state index is -1.39. The Balaban J connectivity index is 4.09. The smallest absolute Gasteiger partial charge is 0.184 e. The average Bonchev–Trinajstić information content (AvgIpc) is 1.76. The lowest BCUT2D eigenvalue weighted by Crippen LogP contribution is -2.41. The van der Waals surface area contributed by atoms with Crippen molar-refractivity contribution in [3.8, 4) is 0 Å². The fourth-order valence-corrected chi connectivity index (χ4v) is 13.2. The van der Waals surface area contributed by atoms with Gasteiger partial charge in [0.25, 0.3) is 0 Å². The summed E-state index contributed by atoms with van der Waals surface area (Å²) in [6.07, 6.45) is 0. The van der Waals surface area contributed by atoms with E-state index < -0.39 is 16.4 Å². The van der Waals surface area contributed by atoms with Crippen LogP contribution < -0.4 is 0 Å². The quantitative estimate of drug-likeness (QED) is 0.662.